The van der Waals surface area contributed by atoms with E-state index in [0.717, 1.165) is 14.7 Å². The lowest BCUT2D eigenvalue weighted by molar-refractivity contribution is 1.03. The lowest BCUT2D eigenvalue weighted by Gasteiger charge is -2.17. The molecule has 78 valence electrons. The van der Waals surface area contributed by atoms with Crippen molar-refractivity contribution in [2.24, 2.45) is 0 Å². The third kappa shape index (κ3) is 2.18. The molecule has 0 spiro atoms. The van der Waals surface area contributed by atoms with Crippen LogP contribution in [0.4, 0.5) is 10.8 Å². The third-order valence-electron chi connectivity index (χ3n) is 2.15. The van der Waals surface area contributed by atoms with Crippen LogP contribution in [0, 0.1) is 6.92 Å². The van der Waals surface area contributed by atoms with Crippen molar-refractivity contribution >= 4 is 38.1 Å². The van der Waals surface area contributed by atoms with E-state index in [1.54, 1.807) is 0 Å². The van der Waals surface area contributed by atoms with Gasteiger partial charge in [0.1, 0.15) is 0 Å². The lowest BCUT2D eigenvalue weighted by Crippen LogP contribution is -2.10. The molecule has 5 heteroatoms. The maximum absolute atomic E-state index is 4.08. The van der Waals surface area contributed by atoms with Crippen molar-refractivity contribution in [3.8, 4) is 0 Å². The molecule has 0 aliphatic heterocycles. The second kappa shape index (κ2) is 4.28. The predicted molar refractivity (Wildman–Crippen MR) is 66.9 cm³/mol. The van der Waals surface area contributed by atoms with Gasteiger partial charge in [-0.15, -0.1) is 10.2 Å². The molecule has 15 heavy (non-hydrogen) atoms. The standard InChI is InChI=1S/C10H10BrN3S/c1-7-5-3-4-6-8(7)14(2)10-13-12-9(11)15-10/h3-6H,1-2H3. The van der Waals surface area contributed by atoms with Crippen molar-refractivity contribution in [1.82, 2.24) is 10.2 Å². The molecule has 1 aromatic carbocycles. The first-order chi connectivity index (χ1) is 7.18. The van der Waals surface area contributed by atoms with Gasteiger partial charge in [-0.05, 0) is 34.5 Å². The average molecular weight is 284 g/mol. The smallest absolute Gasteiger partial charge is 0.213 e. The number of aryl methyl sites for hydroxylation is 1. The molecular weight excluding hydrogens is 274 g/mol. The minimum absolute atomic E-state index is 0.804. The summed E-state index contributed by atoms with van der Waals surface area (Å²) in [7, 11) is 2.00. The summed E-state index contributed by atoms with van der Waals surface area (Å²) in [6, 6.07) is 8.21. The lowest BCUT2D eigenvalue weighted by atomic mass is 10.2. The van der Waals surface area contributed by atoms with Crippen LogP contribution in [0.15, 0.2) is 28.2 Å². The Balaban J connectivity index is 2.36. The van der Waals surface area contributed by atoms with E-state index < -0.39 is 0 Å². The molecule has 0 radical (unpaired) electrons. The molecule has 0 saturated carbocycles. The molecule has 1 aromatic heterocycles. The molecular formula is C10H10BrN3S. The first-order valence-electron chi connectivity index (χ1n) is 4.47. The minimum Gasteiger partial charge on any atom is -0.319 e. The van der Waals surface area contributed by atoms with Gasteiger partial charge in [-0.25, -0.2) is 0 Å². The Hall–Kier alpha value is -0.940. The number of hydrogen-bond acceptors (Lipinski definition) is 4. The van der Waals surface area contributed by atoms with Gasteiger partial charge in [0.25, 0.3) is 0 Å². The van der Waals surface area contributed by atoms with Gasteiger partial charge in [0, 0.05) is 12.7 Å². The number of benzene rings is 1. The van der Waals surface area contributed by atoms with E-state index in [4.69, 9.17) is 0 Å². The van der Waals surface area contributed by atoms with E-state index in [2.05, 4.69) is 45.2 Å². The van der Waals surface area contributed by atoms with E-state index in [-0.39, 0.29) is 0 Å². The van der Waals surface area contributed by atoms with Crippen LogP contribution in [0.3, 0.4) is 0 Å². The largest absolute Gasteiger partial charge is 0.319 e. The zero-order valence-corrected chi connectivity index (χ0v) is 10.8. The highest BCUT2D eigenvalue weighted by Gasteiger charge is 2.10. The highest BCUT2D eigenvalue weighted by Crippen LogP contribution is 2.30. The fourth-order valence-electron chi connectivity index (χ4n) is 1.38. The summed E-state index contributed by atoms with van der Waals surface area (Å²) in [5, 5.41) is 8.90. The van der Waals surface area contributed by atoms with Gasteiger partial charge < -0.3 is 4.90 Å². The molecule has 0 atom stereocenters. The highest BCUT2D eigenvalue weighted by molar-refractivity contribution is 9.11. The Morgan fingerprint density at radius 1 is 1.27 bits per heavy atom. The summed E-state index contributed by atoms with van der Waals surface area (Å²) in [5.74, 6) is 0. The van der Waals surface area contributed by atoms with Gasteiger partial charge in [-0.3, -0.25) is 0 Å². The second-order valence-corrected chi connectivity index (χ2v) is 5.42. The van der Waals surface area contributed by atoms with E-state index in [1.807, 2.05) is 24.1 Å². The van der Waals surface area contributed by atoms with Crippen molar-refractivity contribution in [2.45, 2.75) is 6.92 Å². The Labute approximate surface area is 101 Å². The van der Waals surface area contributed by atoms with Crippen LogP contribution in [-0.4, -0.2) is 17.2 Å². The molecule has 2 aromatic rings. The maximum atomic E-state index is 4.08. The molecule has 1 heterocycles. The molecule has 0 saturated heterocycles. The number of rotatable bonds is 2. The average Bonchev–Trinajstić information content (AvgIpc) is 2.65. The monoisotopic (exact) mass is 283 g/mol. The molecule has 0 aliphatic carbocycles. The summed E-state index contributed by atoms with van der Waals surface area (Å²) in [5.41, 5.74) is 2.38. The molecule has 0 N–H and O–H groups in total. The number of hydrogen-bond donors (Lipinski definition) is 0. The zero-order valence-electron chi connectivity index (χ0n) is 8.44. The highest BCUT2D eigenvalue weighted by atomic mass is 79.9. The molecule has 3 nitrogen and oxygen atoms in total. The fourth-order valence-corrected chi connectivity index (χ4v) is 2.44. The number of halogens is 1. The zero-order chi connectivity index (χ0) is 10.8. The normalized spacial score (nSPS) is 10.3. The summed E-state index contributed by atoms with van der Waals surface area (Å²) >= 11 is 4.83. The summed E-state index contributed by atoms with van der Waals surface area (Å²) < 4.78 is 0.804. The number of nitrogens with zero attached hydrogens (tertiary/aromatic N) is 3. The Morgan fingerprint density at radius 3 is 2.60 bits per heavy atom. The third-order valence-corrected chi connectivity index (χ3v) is 3.59. The van der Waals surface area contributed by atoms with Gasteiger partial charge >= 0.3 is 0 Å². The number of anilines is 2. The second-order valence-electron chi connectivity index (χ2n) is 3.18. The van der Waals surface area contributed by atoms with Crippen molar-refractivity contribution in [2.75, 3.05) is 11.9 Å². The fraction of sp³-hybridized carbons (Fsp3) is 0.200. The van der Waals surface area contributed by atoms with Gasteiger partial charge in [0.2, 0.25) is 5.13 Å². The topological polar surface area (TPSA) is 29.0 Å². The van der Waals surface area contributed by atoms with Gasteiger partial charge in [0.05, 0.1) is 0 Å². The quantitative estimate of drug-likeness (QED) is 0.846. The van der Waals surface area contributed by atoms with Crippen LogP contribution in [0.2, 0.25) is 0 Å². The van der Waals surface area contributed by atoms with Crippen molar-refractivity contribution in [1.29, 1.82) is 0 Å². The predicted octanol–water partition coefficient (Wildman–Crippen LogP) is 3.38. The summed E-state index contributed by atoms with van der Waals surface area (Å²) in [6.07, 6.45) is 0. The van der Waals surface area contributed by atoms with Gasteiger partial charge in [-0.1, -0.05) is 29.5 Å². The maximum Gasteiger partial charge on any atom is 0.213 e. The molecule has 0 amide bonds. The number of para-hydroxylation sites is 1. The molecule has 0 fully saturated rings. The molecule has 0 aliphatic rings. The first-order valence-corrected chi connectivity index (χ1v) is 6.08. The Kier molecular flexibility index (Phi) is 3.02. The Morgan fingerprint density at radius 2 is 2.00 bits per heavy atom. The van der Waals surface area contributed by atoms with Crippen LogP contribution in [-0.2, 0) is 0 Å². The van der Waals surface area contributed by atoms with Crippen LogP contribution < -0.4 is 4.90 Å². The van der Waals surface area contributed by atoms with Crippen molar-refractivity contribution < 1.29 is 0 Å². The SMILES string of the molecule is Cc1ccccc1N(C)c1nnc(Br)s1. The Bertz CT molecular complexity index is 469. The van der Waals surface area contributed by atoms with Crippen LogP contribution in [0.1, 0.15) is 5.56 Å². The summed E-state index contributed by atoms with van der Waals surface area (Å²) in [4.78, 5) is 2.04. The van der Waals surface area contributed by atoms with Crippen molar-refractivity contribution in [3.05, 3.63) is 33.7 Å². The first kappa shape index (κ1) is 10.6. The van der Waals surface area contributed by atoms with E-state index in [9.17, 15) is 0 Å². The molecule has 0 unspecified atom stereocenters. The molecule has 0 bridgehead atoms. The number of aromatic nitrogens is 2. The van der Waals surface area contributed by atoms with Crippen molar-refractivity contribution in [3.63, 3.8) is 0 Å². The van der Waals surface area contributed by atoms with E-state index in [0.29, 0.717) is 0 Å². The van der Waals surface area contributed by atoms with Gasteiger partial charge in [0.15, 0.2) is 3.92 Å². The molecule has 2 rings (SSSR count). The van der Waals surface area contributed by atoms with Crippen LogP contribution in [0.5, 0.6) is 0 Å². The van der Waals surface area contributed by atoms with E-state index in [1.165, 1.54) is 16.9 Å². The van der Waals surface area contributed by atoms with Crippen LogP contribution >= 0.6 is 27.3 Å². The van der Waals surface area contributed by atoms with Gasteiger partial charge in [-0.2, -0.15) is 0 Å². The van der Waals surface area contributed by atoms with Crippen LogP contribution in [0.25, 0.3) is 0 Å². The summed E-state index contributed by atoms with van der Waals surface area (Å²) in [6.45, 7) is 2.09. The minimum atomic E-state index is 0.804. The van der Waals surface area contributed by atoms with E-state index >= 15 is 0 Å².